The van der Waals surface area contributed by atoms with Gasteiger partial charge in [0.1, 0.15) is 0 Å². The van der Waals surface area contributed by atoms with Gasteiger partial charge in [-0.05, 0) is 32.8 Å². The molecule has 25 heavy (non-hydrogen) atoms. The zero-order chi connectivity index (χ0) is 17.8. The van der Waals surface area contributed by atoms with Crippen LogP contribution in [0, 0.1) is 6.92 Å². The lowest BCUT2D eigenvalue weighted by atomic mass is 10.1. The molecule has 3 rings (SSSR count). The van der Waals surface area contributed by atoms with Crippen molar-refractivity contribution in [2.45, 2.75) is 38.8 Å². The number of hydrogen-bond acceptors (Lipinski definition) is 5. The number of nitrogens with one attached hydrogen (secondary N) is 2. The number of piperidine rings is 1. The first-order valence-corrected chi connectivity index (χ1v) is 8.62. The quantitative estimate of drug-likeness (QED) is 0.879. The van der Waals surface area contributed by atoms with Crippen molar-refractivity contribution in [1.29, 1.82) is 0 Å². The second kappa shape index (κ2) is 7.50. The fourth-order valence-electron chi connectivity index (χ4n) is 3.22. The Morgan fingerprint density at radius 2 is 1.96 bits per heavy atom. The summed E-state index contributed by atoms with van der Waals surface area (Å²) in [6.07, 6.45) is 7.21. The molecule has 2 amide bonds. The molecule has 134 valence electrons. The van der Waals surface area contributed by atoms with Crippen LogP contribution in [-0.4, -0.2) is 44.9 Å². The zero-order valence-electron chi connectivity index (χ0n) is 14.9. The molecule has 3 heterocycles. The summed E-state index contributed by atoms with van der Waals surface area (Å²) in [5, 5.41) is 10.4. The Morgan fingerprint density at radius 1 is 1.28 bits per heavy atom. The maximum absolute atomic E-state index is 12.3. The fraction of sp³-hybridized carbons (Fsp3) is 0.529. The van der Waals surface area contributed by atoms with Crippen LogP contribution in [0.4, 0.5) is 10.7 Å². The lowest BCUT2D eigenvalue weighted by molar-refractivity contribution is 0.231. The Hall–Kier alpha value is -2.64. The van der Waals surface area contributed by atoms with E-state index in [2.05, 4.69) is 30.6 Å². The SMILES string of the molecule is Cc1nn(C)cc1[C@@H](C)NC(=O)NC1CCN(c2ncccn2)CC1. The van der Waals surface area contributed by atoms with Gasteiger partial charge in [-0.3, -0.25) is 4.68 Å². The summed E-state index contributed by atoms with van der Waals surface area (Å²) in [6, 6.07) is 1.77. The van der Waals surface area contributed by atoms with Crippen molar-refractivity contribution >= 4 is 12.0 Å². The third kappa shape index (κ3) is 4.26. The summed E-state index contributed by atoms with van der Waals surface area (Å²) in [5.74, 6) is 0.756. The molecule has 0 aromatic carbocycles. The van der Waals surface area contributed by atoms with Crippen molar-refractivity contribution in [1.82, 2.24) is 30.4 Å². The smallest absolute Gasteiger partial charge is 0.315 e. The van der Waals surface area contributed by atoms with Gasteiger partial charge < -0.3 is 15.5 Å². The van der Waals surface area contributed by atoms with E-state index in [-0.39, 0.29) is 18.1 Å². The molecule has 2 aromatic heterocycles. The molecule has 1 aliphatic rings. The van der Waals surface area contributed by atoms with E-state index in [4.69, 9.17) is 0 Å². The average molecular weight is 343 g/mol. The van der Waals surface area contributed by atoms with Crippen molar-refractivity contribution in [3.05, 3.63) is 35.9 Å². The van der Waals surface area contributed by atoms with Gasteiger partial charge in [0.2, 0.25) is 5.95 Å². The van der Waals surface area contributed by atoms with E-state index in [9.17, 15) is 4.79 Å². The highest BCUT2D eigenvalue weighted by atomic mass is 16.2. The van der Waals surface area contributed by atoms with E-state index in [0.29, 0.717) is 0 Å². The third-order valence-electron chi connectivity index (χ3n) is 4.53. The van der Waals surface area contributed by atoms with E-state index in [1.807, 2.05) is 33.2 Å². The molecular formula is C17H25N7O. The lowest BCUT2D eigenvalue weighted by Crippen LogP contribution is -2.48. The van der Waals surface area contributed by atoms with E-state index in [0.717, 1.165) is 43.1 Å². The lowest BCUT2D eigenvalue weighted by Gasteiger charge is -2.32. The van der Waals surface area contributed by atoms with Crippen LogP contribution in [-0.2, 0) is 7.05 Å². The maximum Gasteiger partial charge on any atom is 0.315 e. The molecule has 2 aromatic rings. The van der Waals surface area contributed by atoms with Gasteiger partial charge in [-0.1, -0.05) is 0 Å². The van der Waals surface area contributed by atoms with Crippen LogP contribution in [0.25, 0.3) is 0 Å². The normalized spacial score (nSPS) is 16.5. The molecule has 8 heteroatoms. The van der Waals surface area contributed by atoms with Crippen LogP contribution in [0.3, 0.4) is 0 Å². The largest absolute Gasteiger partial charge is 0.341 e. The predicted molar refractivity (Wildman–Crippen MR) is 95.3 cm³/mol. The minimum absolute atomic E-state index is 0.0773. The number of urea groups is 1. The molecular weight excluding hydrogens is 318 g/mol. The number of carbonyl (C=O) groups is 1. The second-order valence-corrected chi connectivity index (χ2v) is 6.49. The van der Waals surface area contributed by atoms with Gasteiger partial charge in [-0.15, -0.1) is 0 Å². The Bertz CT molecular complexity index is 707. The fourth-order valence-corrected chi connectivity index (χ4v) is 3.22. The number of carbonyl (C=O) groups excluding carboxylic acids is 1. The summed E-state index contributed by atoms with van der Waals surface area (Å²) in [7, 11) is 1.88. The maximum atomic E-state index is 12.3. The van der Waals surface area contributed by atoms with Crippen LogP contribution in [0.1, 0.15) is 37.1 Å². The zero-order valence-corrected chi connectivity index (χ0v) is 14.9. The predicted octanol–water partition coefficient (Wildman–Crippen LogP) is 1.55. The van der Waals surface area contributed by atoms with Crippen molar-refractivity contribution < 1.29 is 4.79 Å². The van der Waals surface area contributed by atoms with Gasteiger partial charge in [0.25, 0.3) is 0 Å². The first-order chi connectivity index (χ1) is 12.0. The molecule has 0 unspecified atom stereocenters. The molecule has 0 radical (unpaired) electrons. The monoisotopic (exact) mass is 343 g/mol. The number of nitrogens with zero attached hydrogens (tertiary/aromatic N) is 5. The van der Waals surface area contributed by atoms with Gasteiger partial charge >= 0.3 is 6.03 Å². The van der Waals surface area contributed by atoms with Crippen molar-refractivity contribution in [3.8, 4) is 0 Å². The Balaban J connectivity index is 1.47. The molecule has 1 saturated heterocycles. The molecule has 1 aliphatic heterocycles. The van der Waals surface area contributed by atoms with Crippen LogP contribution in [0.2, 0.25) is 0 Å². The van der Waals surface area contributed by atoms with E-state index < -0.39 is 0 Å². The second-order valence-electron chi connectivity index (χ2n) is 6.49. The van der Waals surface area contributed by atoms with E-state index in [1.54, 1.807) is 17.1 Å². The highest BCUT2D eigenvalue weighted by Gasteiger charge is 2.23. The van der Waals surface area contributed by atoms with Gasteiger partial charge in [-0.2, -0.15) is 5.10 Å². The standard InChI is InChI=1S/C17H25N7O/c1-12(15-11-23(3)22-13(15)2)20-17(25)21-14-5-9-24(10-6-14)16-18-7-4-8-19-16/h4,7-8,11-12,14H,5-6,9-10H2,1-3H3,(H2,20,21,25)/t12-/m1/s1. The molecule has 0 aliphatic carbocycles. The number of hydrogen-bond donors (Lipinski definition) is 2. The number of amides is 2. The van der Waals surface area contributed by atoms with Crippen LogP contribution < -0.4 is 15.5 Å². The molecule has 2 N–H and O–H groups in total. The Morgan fingerprint density at radius 3 is 2.56 bits per heavy atom. The first-order valence-electron chi connectivity index (χ1n) is 8.62. The van der Waals surface area contributed by atoms with E-state index in [1.165, 1.54) is 0 Å². The molecule has 0 spiro atoms. The van der Waals surface area contributed by atoms with Crippen LogP contribution >= 0.6 is 0 Å². The minimum Gasteiger partial charge on any atom is -0.341 e. The summed E-state index contributed by atoms with van der Waals surface area (Å²) in [4.78, 5) is 23.0. The Kier molecular flexibility index (Phi) is 5.16. The topological polar surface area (TPSA) is 88.0 Å². The van der Waals surface area contributed by atoms with Gasteiger partial charge in [-0.25, -0.2) is 14.8 Å². The van der Waals surface area contributed by atoms with Crippen LogP contribution in [0.15, 0.2) is 24.7 Å². The summed E-state index contributed by atoms with van der Waals surface area (Å²) in [6.45, 7) is 5.60. The molecule has 0 saturated carbocycles. The number of anilines is 1. The van der Waals surface area contributed by atoms with Crippen molar-refractivity contribution in [2.24, 2.45) is 7.05 Å². The number of aromatic nitrogens is 4. The van der Waals surface area contributed by atoms with Crippen molar-refractivity contribution in [3.63, 3.8) is 0 Å². The average Bonchev–Trinajstić information content (AvgIpc) is 2.95. The third-order valence-corrected chi connectivity index (χ3v) is 4.53. The highest BCUT2D eigenvalue weighted by Crippen LogP contribution is 2.17. The van der Waals surface area contributed by atoms with Crippen LogP contribution in [0.5, 0.6) is 0 Å². The van der Waals surface area contributed by atoms with Gasteiger partial charge in [0, 0.05) is 50.3 Å². The molecule has 0 bridgehead atoms. The minimum atomic E-state index is -0.134. The number of rotatable bonds is 4. The summed E-state index contributed by atoms with van der Waals surface area (Å²) in [5.41, 5.74) is 1.97. The molecule has 1 atom stereocenters. The molecule has 8 nitrogen and oxygen atoms in total. The first kappa shape index (κ1) is 17.2. The Labute approximate surface area is 147 Å². The van der Waals surface area contributed by atoms with Crippen molar-refractivity contribution in [2.75, 3.05) is 18.0 Å². The molecule has 1 fully saturated rings. The summed E-state index contributed by atoms with van der Waals surface area (Å²) >= 11 is 0. The number of aryl methyl sites for hydroxylation is 2. The van der Waals surface area contributed by atoms with Gasteiger partial charge in [0.15, 0.2) is 0 Å². The van der Waals surface area contributed by atoms with Gasteiger partial charge in [0.05, 0.1) is 11.7 Å². The summed E-state index contributed by atoms with van der Waals surface area (Å²) < 4.78 is 1.77. The highest BCUT2D eigenvalue weighted by molar-refractivity contribution is 5.74. The van der Waals surface area contributed by atoms with E-state index >= 15 is 0 Å².